The number of hydrogen-bond acceptors (Lipinski definition) is 5. The Morgan fingerprint density at radius 3 is 2.48 bits per heavy atom. The molecular formula is C14H24ClNO5. The Morgan fingerprint density at radius 2 is 1.95 bits per heavy atom. The summed E-state index contributed by atoms with van der Waals surface area (Å²) in [5.74, 6) is -0.551. The molecule has 0 saturated carbocycles. The first-order valence-electron chi connectivity index (χ1n) is 6.99. The van der Waals surface area contributed by atoms with Gasteiger partial charge >= 0.3 is 12.1 Å². The topological polar surface area (TPSA) is 65.1 Å². The summed E-state index contributed by atoms with van der Waals surface area (Å²) in [7, 11) is 1.48. The number of amides is 1. The second kappa shape index (κ2) is 7.31. The summed E-state index contributed by atoms with van der Waals surface area (Å²) in [6, 6.07) is -0.257. The average molecular weight is 322 g/mol. The number of rotatable bonds is 4. The van der Waals surface area contributed by atoms with E-state index in [9.17, 15) is 9.59 Å². The lowest BCUT2D eigenvalue weighted by Crippen LogP contribution is -2.63. The van der Waals surface area contributed by atoms with E-state index in [4.69, 9.17) is 25.8 Å². The fraction of sp³-hybridized carbons (Fsp3) is 0.857. The van der Waals surface area contributed by atoms with Gasteiger partial charge in [-0.25, -0.2) is 9.59 Å². The van der Waals surface area contributed by atoms with Crippen LogP contribution in [-0.4, -0.2) is 54.4 Å². The molecule has 0 aromatic carbocycles. The Hall–Kier alpha value is -1.01. The van der Waals surface area contributed by atoms with Gasteiger partial charge in [-0.2, -0.15) is 0 Å². The summed E-state index contributed by atoms with van der Waals surface area (Å²) in [4.78, 5) is 26.2. The molecule has 0 radical (unpaired) electrons. The van der Waals surface area contributed by atoms with Gasteiger partial charge < -0.3 is 14.2 Å². The van der Waals surface area contributed by atoms with Crippen LogP contribution in [-0.2, 0) is 19.0 Å². The van der Waals surface area contributed by atoms with E-state index in [1.54, 1.807) is 20.8 Å². The number of esters is 1. The summed E-state index contributed by atoms with van der Waals surface area (Å²) >= 11 is 5.49. The molecule has 122 valence electrons. The van der Waals surface area contributed by atoms with Crippen LogP contribution in [0.25, 0.3) is 0 Å². The molecule has 0 aliphatic carbocycles. The smallest absolute Gasteiger partial charge is 0.411 e. The standard InChI is InChI=1S/C14H24ClNO5/c1-13(2,3)21-12(18)16-8-6-5-7-14(16,9-19-4)11(17)20-10-15/h5-10H2,1-4H3. The second-order valence-corrected chi connectivity index (χ2v) is 6.31. The summed E-state index contributed by atoms with van der Waals surface area (Å²) in [5.41, 5.74) is -1.80. The van der Waals surface area contributed by atoms with Crippen molar-refractivity contribution >= 4 is 23.7 Å². The lowest BCUT2D eigenvalue weighted by molar-refractivity contribution is -0.162. The molecule has 0 N–H and O–H groups in total. The molecule has 1 saturated heterocycles. The molecule has 1 fully saturated rings. The van der Waals surface area contributed by atoms with E-state index in [1.165, 1.54) is 12.0 Å². The maximum Gasteiger partial charge on any atom is 0.411 e. The van der Waals surface area contributed by atoms with Crippen LogP contribution in [0.5, 0.6) is 0 Å². The molecule has 1 heterocycles. The maximum absolute atomic E-state index is 12.4. The molecule has 0 aromatic rings. The Balaban J connectivity index is 3.04. The zero-order chi connectivity index (χ0) is 16.1. The average Bonchev–Trinajstić information content (AvgIpc) is 2.37. The molecule has 1 aliphatic rings. The number of nitrogens with zero attached hydrogens (tertiary/aromatic N) is 1. The van der Waals surface area contributed by atoms with Crippen molar-refractivity contribution in [2.75, 3.05) is 26.3 Å². The highest BCUT2D eigenvalue weighted by Gasteiger charge is 2.50. The van der Waals surface area contributed by atoms with E-state index in [2.05, 4.69) is 0 Å². The van der Waals surface area contributed by atoms with Crippen LogP contribution in [0.2, 0.25) is 0 Å². The highest BCUT2D eigenvalue weighted by Crippen LogP contribution is 2.31. The van der Waals surface area contributed by atoms with Gasteiger partial charge in [-0.3, -0.25) is 4.90 Å². The van der Waals surface area contributed by atoms with Crippen LogP contribution < -0.4 is 0 Å². The normalized spacial score (nSPS) is 22.8. The number of hydrogen-bond donors (Lipinski definition) is 0. The van der Waals surface area contributed by atoms with Gasteiger partial charge in [0.15, 0.2) is 11.6 Å². The number of carbonyl (C=O) groups is 2. The summed E-state index contributed by atoms with van der Waals surface area (Å²) in [6.07, 6.45) is 1.54. The van der Waals surface area contributed by atoms with E-state index < -0.39 is 23.2 Å². The van der Waals surface area contributed by atoms with Crippen LogP contribution in [0.3, 0.4) is 0 Å². The largest absolute Gasteiger partial charge is 0.448 e. The molecule has 0 aromatic heterocycles. The molecule has 21 heavy (non-hydrogen) atoms. The highest BCUT2D eigenvalue weighted by atomic mass is 35.5. The number of carbonyl (C=O) groups excluding carboxylic acids is 2. The fourth-order valence-electron chi connectivity index (χ4n) is 2.46. The summed E-state index contributed by atoms with van der Waals surface area (Å²) in [6.45, 7) is 5.83. The maximum atomic E-state index is 12.4. The minimum atomic E-state index is -1.16. The SMILES string of the molecule is COCC1(C(=O)OCCl)CCCCN1C(=O)OC(C)(C)C. The van der Waals surface area contributed by atoms with Crippen LogP contribution in [0, 0.1) is 0 Å². The first-order chi connectivity index (χ1) is 9.77. The van der Waals surface area contributed by atoms with Crippen molar-refractivity contribution in [2.24, 2.45) is 0 Å². The van der Waals surface area contributed by atoms with E-state index >= 15 is 0 Å². The van der Waals surface area contributed by atoms with Crippen molar-refractivity contribution in [2.45, 2.75) is 51.2 Å². The quantitative estimate of drug-likeness (QED) is 0.588. The Labute approximate surface area is 130 Å². The van der Waals surface area contributed by atoms with Gasteiger partial charge in [0.2, 0.25) is 0 Å². The van der Waals surface area contributed by atoms with Crippen LogP contribution in [0.4, 0.5) is 4.79 Å². The fourth-order valence-corrected chi connectivity index (χ4v) is 2.56. The predicted octanol–water partition coefficient (Wildman–Crippen LogP) is 2.53. The molecule has 0 bridgehead atoms. The molecular weight excluding hydrogens is 298 g/mol. The van der Waals surface area contributed by atoms with Crippen molar-refractivity contribution in [3.05, 3.63) is 0 Å². The zero-order valence-corrected chi connectivity index (χ0v) is 13.9. The number of alkyl halides is 1. The molecule has 1 rings (SSSR count). The number of ether oxygens (including phenoxy) is 3. The Bertz CT molecular complexity index is 378. The summed E-state index contributed by atoms with van der Waals surface area (Å²) < 4.78 is 15.5. The summed E-state index contributed by atoms with van der Waals surface area (Å²) in [5, 5.41) is 0. The monoisotopic (exact) mass is 321 g/mol. The minimum absolute atomic E-state index is 0.0575. The number of likely N-dealkylation sites (tertiary alicyclic amines) is 1. The predicted molar refractivity (Wildman–Crippen MR) is 78.2 cm³/mol. The van der Waals surface area contributed by atoms with Crippen LogP contribution in [0.15, 0.2) is 0 Å². The van der Waals surface area contributed by atoms with Crippen molar-refractivity contribution in [3.63, 3.8) is 0 Å². The van der Waals surface area contributed by atoms with Gasteiger partial charge in [0, 0.05) is 13.7 Å². The highest BCUT2D eigenvalue weighted by molar-refractivity contribution is 6.17. The lowest BCUT2D eigenvalue weighted by Gasteiger charge is -2.44. The number of methoxy groups -OCH3 is 1. The Morgan fingerprint density at radius 1 is 1.29 bits per heavy atom. The number of halogens is 1. The molecule has 1 unspecified atom stereocenters. The van der Waals surface area contributed by atoms with Crippen LogP contribution in [0.1, 0.15) is 40.0 Å². The third kappa shape index (κ3) is 4.48. The molecule has 0 spiro atoms. The van der Waals surface area contributed by atoms with Gasteiger partial charge in [-0.1, -0.05) is 11.6 Å². The van der Waals surface area contributed by atoms with Crippen molar-refractivity contribution in [1.82, 2.24) is 4.90 Å². The van der Waals surface area contributed by atoms with E-state index in [1.807, 2.05) is 0 Å². The molecule has 1 aliphatic heterocycles. The molecule has 1 atom stereocenters. The van der Waals surface area contributed by atoms with Gasteiger partial charge in [0.05, 0.1) is 6.61 Å². The van der Waals surface area contributed by atoms with Crippen LogP contribution >= 0.6 is 11.6 Å². The zero-order valence-electron chi connectivity index (χ0n) is 13.1. The van der Waals surface area contributed by atoms with Gasteiger partial charge in [-0.05, 0) is 40.0 Å². The molecule has 1 amide bonds. The van der Waals surface area contributed by atoms with Crippen molar-refractivity contribution in [3.8, 4) is 0 Å². The molecule has 7 heteroatoms. The number of piperidine rings is 1. The third-order valence-corrected chi connectivity index (χ3v) is 3.41. The van der Waals surface area contributed by atoms with E-state index in [0.717, 1.165) is 12.8 Å². The second-order valence-electron chi connectivity index (χ2n) is 6.09. The molecule has 6 nitrogen and oxygen atoms in total. The first kappa shape index (κ1) is 18.0. The third-order valence-electron chi connectivity index (χ3n) is 3.30. The van der Waals surface area contributed by atoms with Gasteiger partial charge in [-0.15, -0.1) is 0 Å². The van der Waals surface area contributed by atoms with Gasteiger partial charge in [0.1, 0.15) is 5.60 Å². The van der Waals surface area contributed by atoms with Crippen molar-refractivity contribution in [1.29, 1.82) is 0 Å². The Kier molecular flexibility index (Phi) is 6.28. The minimum Gasteiger partial charge on any atom is -0.448 e. The van der Waals surface area contributed by atoms with E-state index in [0.29, 0.717) is 13.0 Å². The first-order valence-corrected chi connectivity index (χ1v) is 7.53. The van der Waals surface area contributed by atoms with Crippen molar-refractivity contribution < 1.29 is 23.8 Å². The van der Waals surface area contributed by atoms with Gasteiger partial charge in [0.25, 0.3) is 0 Å². The van der Waals surface area contributed by atoms with E-state index in [-0.39, 0.29) is 12.7 Å². The lowest BCUT2D eigenvalue weighted by atomic mass is 9.87.